The minimum Gasteiger partial charge on any atom is -0.492 e. The molecule has 0 aliphatic heterocycles. The first-order valence-electron chi connectivity index (χ1n) is 8.12. The number of para-hydroxylation sites is 1. The molecule has 3 rings (SSSR count). The monoisotopic (exact) mass is 388 g/mol. The molecular weight excluding hydrogens is 372 g/mol. The standard InChI is InChI=1S/C20H17ClO6/c1-20(2,19(23)24)11-26-12-7-8-13-16(9-12)25-10-17(18(13)22)27-15-6-4-3-5-14(15)21/h3-10H,11H2,1-2H3,(H,23,24). The number of hydrogen-bond donors (Lipinski definition) is 1. The molecule has 0 atom stereocenters. The molecule has 0 unspecified atom stereocenters. The lowest BCUT2D eigenvalue weighted by Crippen LogP contribution is -2.30. The van der Waals surface area contributed by atoms with Gasteiger partial charge in [0.05, 0.1) is 15.8 Å². The van der Waals surface area contributed by atoms with Crippen molar-refractivity contribution < 1.29 is 23.8 Å². The summed E-state index contributed by atoms with van der Waals surface area (Å²) >= 11 is 6.04. The lowest BCUT2D eigenvalue weighted by atomic mass is 9.95. The first kappa shape index (κ1) is 18.8. The van der Waals surface area contributed by atoms with E-state index in [0.29, 0.717) is 27.5 Å². The minimum atomic E-state index is -1.04. The SMILES string of the molecule is CC(C)(COc1ccc2c(=O)c(Oc3ccccc3Cl)coc2c1)C(=O)O. The molecule has 0 saturated carbocycles. The summed E-state index contributed by atoms with van der Waals surface area (Å²) in [6.45, 7) is 3.11. The van der Waals surface area contributed by atoms with Crippen molar-refractivity contribution >= 4 is 28.5 Å². The fraction of sp³-hybridized carbons (Fsp3) is 0.200. The summed E-state index contributed by atoms with van der Waals surface area (Å²) < 4.78 is 16.6. The molecule has 27 heavy (non-hydrogen) atoms. The maximum absolute atomic E-state index is 12.6. The number of carbonyl (C=O) groups is 1. The predicted octanol–water partition coefficient (Wildman–Crippen LogP) is 4.73. The van der Waals surface area contributed by atoms with Gasteiger partial charge < -0.3 is 19.0 Å². The van der Waals surface area contributed by atoms with Gasteiger partial charge in [-0.25, -0.2) is 0 Å². The molecule has 0 spiro atoms. The molecule has 140 valence electrons. The molecule has 2 aromatic carbocycles. The van der Waals surface area contributed by atoms with Gasteiger partial charge in [-0.2, -0.15) is 0 Å². The van der Waals surface area contributed by atoms with Gasteiger partial charge in [0.25, 0.3) is 0 Å². The van der Waals surface area contributed by atoms with Crippen LogP contribution in [0.4, 0.5) is 0 Å². The van der Waals surface area contributed by atoms with E-state index < -0.39 is 11.4 Å². The quantitative estimate of drug-likeness (QED) is 0.657. The van der Waals surface area contributed by atoms with Gasteiger partial charge in [-0.05, 0) is 38.1 Å². The van der Waals surface area contributed by atoms with Gasteiger partial charge in [-0.1, -0.05) is 23.7 Å². The third-order valence-corrected chi connectivity index (χ3v) is 4.26. The average molecular weight is 389 g/mol. The molecule has 1 aromatic heterocycles. The van der Waals surface area contributed by atoms with Crippen LogP contribution in [0, 0.1) is 5.41 Å². The summed E-state index contributed by atoms with van der Waals surface area (Å²) in [6, 6.07) is 11.5. The second-order valence-electron chi connectivity index (χ2n) is 6.60. The number of rotatable bonds is 6. The van der Waals surface area contributed by atoms with Crippen LogP contribution in [-0.4, -0.2) is 17.7 Å². The Morgan fingerprint density at radius 2 is 1.93 bits per heavy atom. The highest BCUT2D eigenvalue weighted by atomic mass is 35.5. The number of aliphatic carboxylic acids is 1. The normalized spacial score (nSPS) is 11.4. The van der Waals surface area contributed by atoms with E-state index in [-0.39, 0.29) is 17.8 Å². The smallest absolute Gasteiger partial charge is 0.312 e. The molecule has 7 heteroatoms. The van der Waals surface area contributed by atoms with Crippen LogP contribution in [0.15, 0.2) is 57.9 Å². The van der Waals surface area contributed by atoms with Crippen molar-refractivity contribution in [3.63, 3.8) is 0 Å². The van der Waals surface area contributed by atoms with Crippen LogP contribution in [0.2, 0.25) is 5.02 Å². The molecule has 0 bridgehead atoms. The Hall–Kier alpha value is -2.99. The highest BCUT2D eigenvalue weighted by Gasteiger charge is 2.28. The van der Waals surface area contributed by atoms with Crippen LogP contribution in [0.3, 0.4) is 0 Å². The topological polar surface area (TPSA) is 86.0 Å². The van der Waals surface area contributed by atoms with Crippen molar-refractivity contribution in [1.29, 1.82) is 0 Å². The van der Waals surface area contributed by atoms with E-state index in [4.69, 9.17) is 30.6 Å². The van der Waals surface area contributed by atoms with Crippen LogP contribution in [0.25, 0.3) is 11.0 Å². The first-order valence-corrected chi connectivity index (χ1v) is 8.50. The Bertz CT molecular complexity index is 1050. The van der Waals surface area contributed by atoms with Crippen molar-refractivity contribution in [2.45, 2.75) is 13.8 Å². The zero-order valence-corrected chi connectivity index (χ0v) is 15.4. The molecule has 1 heterocycles. The minimum absolute atomic E-state index is 0.0104. The Morgan fingerprint density at radius 3 is 2.63 bits per heavy atom. The number of halogens is 1. The maximum Gasteiger partial charge on any atom is 0.312 e. The van der Waals surface area contributed by atoms with E-state index >= 15 is 0 Å². The number of ether oxygens (including phenoxy) is 2. The highest BCUT2D eigenvalue weighted by molar-refractivity contribution is 6.32. The molecule has 0 aliphatic rings. The lowest BCUT2D eigenvalue weighted by molar-refractivity contribution is -0.148. The van der Waals surface area contributed by atoms with Crippen molar-refractivity contribution in [2.24, 2.45) is 5.41 Å². The molecule has 3 aromatic rings. The van der Waals surface area contributed by atoms with E-state index in [1.807, 2.05) is 0 Å². The van der Waals surface area contributed by atoms with Crippen molar-refractivity contribution in [3.8, 4) is 17.2 Å². The Kier molecular flexibility index (Phi) is 5.10. The van der Waals surface area contributed by atoms with Crippen LogP contribution >= 0.6 is 11.6 Å². The third-order valence-electron chi connectivity index (χ3n) is 3.95. The molecule has 0 saturated heterocycles. The third kappa shape index (κ3) is 4.06. The Balaban J connectivity index is 1.86. The van der Waals surface area contributed by atoms with Crippen molar-refractivity contribution in [1.82, 2.24) is 0 Å². The van der Waals surface area contributed by atoms with Gasteiger partial charge in [-0.3, -0.25) is 9.59 Å². The van der Waals surface area contributed by atoms with Gasteiger partial charge in [0, 0.05) is 6.07 Å². The number of fused-ring (bicyclic) bond motifs is 1. The van der Waals surface area contributed by atoms with Crippen molar-refractivity contribution in [2.75, 3.05) is 6.61 Å². The van der Waals surface area contributed by atoms with Crippen LogP contribution in [-0.2, 0) is 4.79 Å². The van der Waals surface area contributed by atoms with Gasteiger partial charge in [0.1, 0.15) is 30.0 Å². The largest absolute Gasteiger partial charge is 0.492 e. The summed E-state index contributed by atoms with van der Waals surface area (Å²) in [7, 11) is 0. The summed E-state index contributed by atoms with van der Waals surface area (Å²) in [4.78, 5) is 23.8. The van der Waals surface area contributed by atoms with E-state index in [1.54, 1.807) is 50.2 Å². The second-order valence-corrected chi connectivity index (χ2v) is 7.00. The van der Waals surface area contributed by atoms with E-state index in [9.17, 15) is 9.59 Å². The molecule has 0 amide bonds. The van der Waals surface area contributed by atoms with Gasteiger partial charge in [0.15, 0.2) is 0 Å². The molecular formula is C20H17ClO6. The number of hydrogen-bond acceptors (Lipinski definition) is 5. The lowest BCUT2D eigenvalue weighted by Gasteiger charge is -2.19. The number of carboxylic acid groups (broad SMARTS) is 1. The summed E-state index contributed by atoms with van der Waals surface area (Å²) in [6.07, 6.45) is 1.21. The fourth-order valence-corrected chi connectivity index (χ4v) is 2.40. The summed E-state index contributed by atoms with van der Waals surface area (Å²) in [5.41, 5.74) is -1.09. The van der Waals surface area contributed by atoms with E-state index in [1.165, 1.54) is 12.3 Å². The Morgan fingerprint density at radius 1 is 1.19 bits per heavy atom. The molecule has 0 radical (unpaired) electrons. The number of carboxylic acids is 1. The van der Waals surface area contributed by atoms with Crippen LogP contribution in [0.1, 0.15) is 13.8 Å². The Labute approximate surface area is 159 Å². The average Bonchev–Trinajstić information content (AvgIpc) is 2.64. The van der Waals surface area contributed by atoms with Gasteiger partial charge in [0.2, 0.25) is 11.2 Å². The van der Waals surface area contributed by atoms with Gasteiger partial charge in [-0.15, -0.1) is 0 Å². The predicted molar refractivity (Wildman–Crippen MR) is 101 cm³/mol. The fourth-order valence-electron chi connectivity index (χ4n) is 2.22. The first-order chi connectivity index (χ1) is 12.8. The zero-order chi connectivity index (χ0) is 19.6. The second kappa shape index (κ2) is 7.32. The molecule has 0 aliphatic carbocycles. The number of benzene rings is 2. The molecule has 6 nitrogen and oxygen atoms in total. The van der Waals surface area contributed by atoms with Crippen LogP contribution < -0.4 is 14.9 Å². The van der Waals surface area contributed by atoms with E-state index in [0.717, 1.165) is 0 Å². The molecule has 0 fully saturated rings. The summed E-state index contributed by atoms with van der Waals surface area (Å²) in [5.74, 6) is -0.200. The van der Waals surface area contributed by atoms with Crippen LogP contribution in [0.5, 0.6) is 17.2 Å². The molecule has 1 N–H and O–H groups in total. The zero-order valence-electron chi connectivity index (χ0n) is 14.7. The van der Waals surface area contributed by atoms with Gasteiger partial charge >= 0.3 is 5.97 Å². The maximum atomic E-state index is 12.6. The summed E-state index contributed by atoms with van der Waals surface area (Å²) in [5, 5.41) is 9.82. The highest BCUT2D eigenvalue weighted by Crippen LogP contribution is 2.29. The van der Waals surface area contributed by atoms with Crippen molar-refractivity contribution in [3.05, 3.63) is 64.0 Å². The van der Waals surface area contributed by atoms with E-state index in [2.05, 4.69) is 0 Å².